The van der Waals surface area contributed by atoms with Crippen molar-refractivity contribution in [3.63, 3.8) is 0 Å². The van der Waals surface area contributed by atoms with Crippen molar-refractivity contribution < 1.29 is 14.6 Å². The second kappa shape index (κ2) is 7.06. The van der Waals surface area contributed by atoms with E-state index in [0.29, 0.717) is 12.2 Å². The summed E-state index contributed by atoms with van der Waals surface area (Å²) in [6, 6.07) is 14.0. The smallest absolute Gasteiger partial charge is 0.256 e. The normalized spacial score (nSPS) is 19.6. The summed E-state index contributed by atoms with van der Waals surface area (Å²) in [4.78, 5) is 16.6. The molecule has 2 N–H and O–H groups in total. The summed E-state index contributed by atoms with van der Waals surface area (Å²) in [5.74, 6) is 0.633. The molecule has 2 aromatic carbocycles. The van der Waals surface area contributed by atoms with Gasteiger partial charge in [0.1, 0.15) is 11.2 Å². The van der Waals surface area contributed by atoms with Gasteiger partial charge >= 0.3 is 0 Å². The standard InChI is InChI=1S/C24H24N2O3S/c1-13-14(2)30-24-20(13)23(28)25-22-18(11-15-8-6-10-19(29-3)21(15)27)17-9-5-4-7-16(17)12-26(22)24/h4-10,18,22,27H,11-12H2,1-3H3,(H,25,28). The molecule has 0 radical (unpaired) electrons. The molecule has 5 nitrogen and oxygen atoms in total. The summed E-state index contributed by atoms with van der Waals surface area (Å²) in [5.41, 5.74) is 5.15. The van der Waals surface area contributed by atoms with Gasteiger partial charge in [0.05, 0.1) is 12.7 Å². The Kier molecular flexibility index (Phi) is 4.47. The van der Waals surface area contributed by atoms with Crippen LogP contribution in [0.1, 0.15) is 43.4 Å². The van der Waals surface area contributed by atoms with Crippen LogP contribution in [0.25, 0.3) is 0 Å². The Labute approximate surface area is 179 Å². The number of carbonyl (C=O) groups is 1. The number of fused-ring (bicyclic) bond motifs is 4. The number of thiophene rings is 1. The number of nitrogens with one attached hydrogen (secondary N) is 1. The van der Waals surface area contributed by atoms with Crippen LogP contribution in [0.3, 0.4) is 0 Å². The van der Waals surface area contributed by atoms with Crippen molar-refractivity contribution in [2.45, 2.75) is 38.9 Å². The van der Waals surface area contributed by atoms with E-state index in [1.54, 1.807) is 24.5 Å². The Bertz CT molecular complexity index is 1150. The first kappa shape index (κ1) is 19.0. The third-order valence-electron chi connectivity index (χ3n) is 6.39. The number of ether oxygens (including phenoxy) is 1. The number of rotatable bonds is 3. The number of methoxy groups -OCH3 is 1. The molecule has 0 fully saturated rings. The van der Waals surface area contributed by atoms with E-state index in [9.17, 15) is 9.90 Å². The summed E-state index contributed by atoms with van der Waals surface area (Å²) in [6.07, 6.45) is 0.433. The van der Waals surface area contributed by atoms with Crippen molar-refractivity contribution in [2.24, 2.45) is 0 Å². The van der Waals surface area contributed by atoms with Crippen molar-refractivity contribution in [1.29, 1.82) is 0 Å². The minimum Gasteiger partial charge on any atom is -0.504 e. The van der Waals surface area contributed by atoms with Crippen molar-refractivity contribution in [2.75, 3.05) is 12.0 Å². The van der Waals surface area contributed by atoms with Crippen LogP contribution in [0.5, 0.6) is 11.5 Å². The van der Waals surface area contributed by atoms with Gasteiger partial charge in [-0.2, -0.15) is 0 Å². The number of aryl methyl sites for hydroxylation is 1. The van der Waals surface area contributed by atoms with E-state index in [1.165, 1.54) is 16.0 Å². The topological polar surface area (TPSA) is 61.8 Å². The second-order valence-corrected chi connectivity index (χ2v) is 9.19. The van der Waals surface area contributed by atoms with Crippen molar-refractivity contribution in [1.82, 2.24) is 5.32 Å². The molecule has 6 heteroatoms. The van der Waals surface area contributed by atoms with E-state index in [2.05, 4.69) is 35.3 Å². The number of nitrogens with zero attached hydrogens (tertiary/aromatic N) is 1. The monoisotopic (exact) mass is 420 g/mol. The van der Waals surface area contributed by atoms with Crippen LogP contribution in [0.4, 0.5) is 5.00 Å². The number of carbonyl (C=O) groups excluding carboxylic acids is 1. The zero-order valence-corrected chi connectivity index (χ0v) is 18.0. The number of aromatic hydroxyl groups is 1. The summed E-state index contributed by atoms with van der Waals surface area (Å²) < 4.78 is 5.30. The minimum atomic E-state index is -0.164. The Morgan fingerprint density at radius 3 is 2.80 bits per heavy atom. The molecule has 154 valence electrons. The molecular weight excluding hydrogens is 396 g/mol. The maximum Gasteiger partial charge on any atom is 0.256 e. The summed E-state index contributed by atoms with van der Waals surface area (Å²) in [5, 5.41) is 15.0. The van der Waals surface area contributed by atoms with Crippen LogP contribution in [0.15, 0.2) is 42.5 Å². The quantitative estimate of drug-likeness (QED) is 0.655. The second-order valence-electron chi connectivity index (χ2n) is 7.99. The minimum absolute atomic E-state index is 0.00709. The van der Waals surface area contributed by atoms with Gasteiger partial charge in [-0.25, -0.2) is 0 Å². The Balaban J connectivity index is 1.62. The number of phenols is 1. The molecule has 2 aliphatic heterocycles. The van der Waals surface area contributed by atoms with Crippen molar-refractivity contribution in [3.8, 4) is 11.5 Å². The average molecular weight is 421 g/mol. The molecule has 0 saturated heterocycles. The number of hydrogen-bond donors (Lipinski definition) is 2. The van der Waals surface area contributed by atoms with Crippen LogP contribution in [-0.4, -0.2) is 24.3 Å². The highest BCUT2D eigenvalue weighted by atomic mass is 32.1. The molecule has 0 bridgehead atoms. The van der Waals surface area contributed by atoms with Gasteiger partial charge in [-0.1, -0.05) is 36.4 Å². The van der Waals surface area contributed by atoms with Gasteiger partial charge < -0.3 is 20.1 Å². The molecule has 2 atom stereocenters. The maximum absolute atomic E-state index is 13.1. The lowest BCUT2D eigenvalue weighted by Gasteiger charge is -2.46. The third kappa shape index (κ3) is 2.78. The molecule has 0 spiro atoms. The maximum atomic E-state index is 13.1. The van der Waals surface area contributed by atoms with Gasteiger partial charge in [0.2, 0.25) is 0 Å². The molecule has 0 aliphatic carbocycles. The molecule has 3 aromatic rings. The molecule has 0 saturated carbocycles. The third-order valence-corrected chi connectivity index (χ3v) is 7.63. The zero-order chi connectivity index (χ0) is 21.0. The van der Waals surface area contributed by atoms with Gasteiger partial charge in [0.15, 0.2) is 11.5 Å². The molecule has 2 aliphatic rings. The number of phenolic OH excluding ortho intramolecular Hbond substituents is 1. The Hall–Kier alpha value is -2.99. The van der Waals surface area contributed by atoms with E-state index in [4.69, 9.17) is 4.74 Å². The van der Waals surface area contributed by atoms with Crippen LogP contribution in [0.2, 0.25) is 0 Å². The van der Waals surface area contributed by atoms with Gasteiger partial charge in [-0.05, 0) is 48.6 Å². The lowest BCUT2D eigenvalue weighted by atomic mass is 9.81. The van der Waals surface area contributed by atoms with E-state index in [-0.39, 0.29) is 23.7 Å². The molecular formula is C24H24N2O3S. The number of amides is 1. The van der Waals surface area contributed by atoms with E-state index in [0.717, 1.165) is 28.2 Å². The SMILES string of the molecule is COc1cccc(CC2c3ccccc3CN3c4sc(C)c(C)c4C(=O)NC23)c1O. The Morgan fingerprint density at radius 1 is 1.20 bits per heavy atom. The van der Waals surface area contributed by atoms with Crippen molar-refractivity contribution >= 4 is 22.2 Å². The predicted molar refractivity (Wildman–Crippen MR) is 119 cm³/mol. The number of hydrogen-bond acceptors (Lipinski definition) is 5. The van der Waals surface area contributed by atoms with E-state index >= 15 is 0 Å². The molecule has 1 amide bonds. The first-order valence-corrected chi connectivity index (χ1v) is 10.9. The van der Waals surface area contributed by atoms with E-state index < -0.39 is 0 Å². The fraction of sp³-hybridized carbons (Fsp3) is 0.292. The molecule has 30 heavy (non-hydrogen) atoms. The van der Waals surface area contributed by atoms with Crippen LogP contribution < -0.4 is 15.0 Å². The zero-order valence-electron chi connectivity index (χ0n) is 17.2. The van der Waals surface area contributed by atoms with Gasteiger partial charge in [-0.15, -0.1) is 11.3 Å². The highest BCUT2D eigenvalue weighted by Crippen LogP contribution is 2.46. The molecule has 5 rings (SSSR count). The summed E-state index contributed by atoms with van der Waals surface area (Å²) in [7, 11) is 1.56. The van der Waals surface area contributed by atoms with Crippen molar-refractivity contribution in [3.05, 3.63) is 75.2 Å². The van der Waals surface area contributed by atoms with Crippen LogP contribution in [-0.2, 0) is 13.0 Å². The predicted octanol–water partition coefficient (Wildman–Crippen LogP) is 4.50. The first-order valence-electron chi connectivity index (χ1n) is 10.1. The van der Waals surface area contributed by atoms with Gasteiger partial charge in [0, 0.05) is 17.3 Å². The van der Waals surface area contributed by atoms with Crippen LogP contribution in [0, 0.1) is 13.8 Å². The van der Waals surface area contributed by atoms with Gasteiger partial charge in [-0.3, -0.25) is 4.79 Å². The number of para-hydroxylation sites is 1. The first-order chi connectivity index (χ1) is 14.5. The highest BCUT2D eigenvalue weighted by Gasteiger charge is 2.42. The van der Waals surface area contributed by atoms with Gasteiger partial charge in [0.25, 0.3) is 5.91 Å². The lowest BCUT2D eigenvalue weighted by molar-refractivity contribution is 0.0916. The lowest BCUT2D eigenvalue weighted by Crippen LogP contribution is -2.57. The largest absolute Gasteiger partial charge is 0.504 e. The Morgan fingerprint density at radius 2 is 2.00 bits per heavy atom. The summed E-state index contributed by atoms with van der Waals surface area (Å²) >= 11 is 1.69. The fourth-order valence-corrected chi connectivity index (χ4v) is 5.91. The molecule has 3 heterocycles. The fourth-order valence-electron chi connectivity index (χ4n) is 4.73. The molecule has 2 unspecified atom stereocenters. The van der Waals surface area contributed by atoms with Crippen LogP contribution >= 0.6 is 11.3 Å². The number of benzene rings is 2. The average Bonchev–Trinajstić information content (AvgIpc) is 3.05. The molecule has 1 aromatic heterocycles. The number of anilines is 1. The van der Waals surface area contributed by atoms with E-state index in [1.807, 2.05) is 25.1 Å². The highest BCUT2D eigenvalue weighted by molar-refractivity contribution is 7.16. The summed E-state index contributed by atoms with van der Waals surface area (Å²) in [6.45, 7) is 4.85.